The fourth-order valence-corrected chi connectivity index (χ4v) is 4.74. The van der Waals surface area contributed by atoms with E-state index in [4.69, 9.17) is 4.52 Å². The predicted molar refractivity (Wildman–Crippen MR) is 110 cm³/mol. The van der Waals surface area contributed by atoms with E-state index in [1.807, 2.05) is 18.7 Å². The Morgan fingerprint density at radius 2 is 2.13 bits per heavy atom. The highest BCUT2D eigenvalue weighted by atomic mass is 19.1. The molecule has 2 fully saturated rings. The van der Waals surface area contributed by atoms with Gasteiger partial charge in [-0.25, -0.2) is 14.1 Å². The van der Waals surface area contributed by atoms with Gasteiger partial charge in [0.2, 0.25) is 5.82 Å². The lowest BCUT2D eigenvalue weighted by Crippen LogP contribution is -2.67. The van der Waals surface area contributed by atoms with Crippen LogP contribution in [0.4, 0.5) is 4.39 Å². The second-order valence-electron chi connectivity index (χ2n) is 8.52. The summed E-state index contributed by atoms with van der Waals surface area (Å²) in [6, 6.07) is 6.06. The van der Waals surface area contributed by atoms with E-state index in [1.54, 1.807) is 12.1 Å². The van der Waals surface area contributed by atoms with Crippen molar-refractivity contribution in [3.05, 3.63) is 59.3 Å². The highest BCUT2D eigenvalue weighted by Crippen LogP contribution is 2.40. The summed E-state index contributed by atoms with van der Waals surface area (Å²) in [5.74, 6) is 0.453. The Bertz CT molecular complexity index is 1110. The Kier molecular flexibility index (Phi) is 4.85. The highest BCUT2D eigenvalue weighted by Gasteiger charge is 2.48. The lowest BCUT2D eigenvalue weighted by molar-refractivity contribution is -0.0653. The highest BCUT2D eigenvalue weighted by molar-refractivity contribution is 5.90. The second-order valence-corrected chi connectivity index (χ2v) is 8.52. The van der Waals surface area contributed by atoms with Crippen LogP contribution < -0.4 is 0 Å². The van der Waals surface area contributed by atoms with Gasteiger partial charge in [0.05, 0.1) is 11.4 Å². The zero-order valence-corrected chi connectivity index (χ0v) is 17.7. The van der Waals surface area contributed by atoms with Gasteiger partial charge in [-0.2, -0.15) is 0 Å². The third kappa shape index (κ3) is 3.52. The van der Waals surface area contributed by atoms with Crippen LogP contribution in [0.1, 0.15) is 46.9 Å². The minimum absolute atomic E-state index is 0.0187. The molecule has 1 unspecified atom stereocenters. The van der Waals surface area contributed by atoms with E-state index >= 15 is 0 Å². The number of piperidine rings is 1. The van der Waals surface area contributed by atoms with Crippen LogP contribution in [0.15, 0.2) is 35.1 Å². The average molecular weight is 424 g/mol. The van der Waals surface area contributed by atoms with Crippen LogP contribution in [-0.2, 0) is 6.54 Å². The summed E-state index contributed by atoms with van der Waals surface area (Å²) in [4.78, 5) is 21.6. The quantitative estimate of drug-likeness (QED) is 0.641. The third-order valence-corrected chi connectivity index (χ3v) is 6.65. The van der Waals surface area contributed by atoms with Crippen molar-refractivity contribution in [1.29, 1.82) is 0 Å². The summed E-state index contributed by atoms with van der Waals surface area (Å²) in [6.45, 7) is 7.04. The fraction of sp³-hybridized carbons (Fsp3) is 0.455. The molecule has 1 spiro atoms. The number of halogens is 1. The normalized spacial score (nSPS) is 21.5. The van der Waals surface area contributed by atoms with Crippen molar-refractivity contribution in [3.63, 3.8) is 0 Å². The minimum atomic E-state index is -0.359. The molecule has 1 atom stereocenters. The molecule has 8 nitrogen and oxygen atoms in total. The number of aryl methyl sites for hydroxylation is 2. The summed E-state index contributed by atoms with van der Waals surface area (Å²) < 4.78 is 20.3. The third-order valence-electron chi connectivity index (χ3n) is 6.65. The van der Waals surface area contributed by atoms with E-state index in [0.29, 0.717) is 18.8 Å². The standard InChI is InChI=1S/C22H25FN6O2/c1-15-19(16(2)31-26-15)12-28-10-8-22(28)7-4-9-27(13-22)21(30)20-24-14-29(25-20)18-6-3-5-17(23)11-18/h3,5-6,11,14H,4,7-10,12-13H2,1-2H3. The number of aromatic nitrogens is 4. The number of rotatable bonds is 4. The molecule has 3 aromatic rings. The van der Waals surface area contributed by atoms with Gasteiger partial charge in [0.25, 0.3) is 5.91 Å². The zero-order chi connectivity index (χ0) is 21.6. The molecule has 2 aliphatic rings. The Morgan fingerprint density at radius 1 is 1.26 bits per heavy atom. The van der Waals surface area contributed by atoms with Gasteiger partial charge in [0.1, 0.15) is 17.9 Å². The first-order valence-corrected chi connectivity index (χ1v) is 10.6. The van der Waals surface area contributed by atoms with Crippen molar-refractivity contribution in [3.8, 4) is 5.69 Å². The van der Waals surface area contributed by atoms with Gasteiger partial charge >= 0.3 is 0 Å². The summed E-state index contributed by atoms with van der Waals surface area (Å²) in [7, 11) is 0. The Morgan fingerprint density at radius 3 is 2.84 bits per heavy atom. The van der Waals surface area contributed by atoms with Crippen molar-refractivity contribution >= 4 is 5.91 Å². The van der Waals surface area contributed by atoms with Crippen LogP contribution in [0.25, 0.3) is 5.69 Å². The van der Waals surface area contributed by atoms with E-state index in [2.05, 4.69) is 20.1 Å². The zero-order valence-electron chi connectivity index (χ0n) is 17.7. The van der Waals surface area contributed by atoms with Crippen molar-refractivity contribution in [2.75, 3.05) is 19.6 Å². The first kappa shape index (κ1) is 19.9. The monoisotopic (exact) mass is 424 g/mol. The van der Waals surface area contributed by atoms with Gasteiger partial charge in [0.15, 0.2) is 0 Å². The van der Waals surface area contributed by atoms with Crippen molar-refractivity contribution in [1.82, 2.24) is 29.7 Å². The van der Waals surface area contributed by atoms with Crippen molar-refractivity contribution in [2.24, 2.45) is 0 Å². The Balaban J connectivity index is 1.31. The summed E-state index contributed by atoms with van der Waals surface area (Å²) >= 11 is 0. The first-order valence-electron chi connectivity index (χ1n) is 10.6. The van der Waals surface area contributed by atoms with Gasteiger partial charge < -0.3 is 9.42 Å². The van der Waals surface area contributed by atoms with E-state index in [-0.39, 0.29) is 23.1 Å². The molecule has 1 amide bonds. The molecule has 4 heterocycles. The molecule has 0 radical (unpaired) electrons. The molecule has 1 aromatic carbocycles. The van der Waals surface area contributed by atoms with Crippen LogP contribution in [0.3, 0.4) is 0 Å². The molecule has 2 saturated heterocycles. The fourth-order valence-electron chi connectivity index (χ4n) is 4.74. The number of likely N-dealkylation sites (tertiary alicyclic amines) is 2. The first-order chi connectivity index (χ1) is 14.9. The Labute approximate surface area is 179 Å². The molecule has 0 N–H and O–H groups in total. The molecule has 0 bridgehead atoms. The van der Waals surface area contributed by atoms with Crippen LogP contribution >= 0.6 is 0 Å². The molecule has 5 rings (SSSR count). The maximum absolute atomic E-state index is 13.5. The second kappa shape index (κ2) is 7.56. The SMILES string of the molecule is Cc1noc(C)c1CN1CCC12CCCN(C(=O)c1ncn(-c3cccc(F)c3)n1)C2. The number of benzene rings is 1. The molecular weight excluding hydrogens is 399 g/mol. The van der Waals surface area contributed by atoms with E-state index in [1.165, 1.54) is 23.1 Å². The Hall–Kier alpha value is -3.07. The summed E-state index contributed by atoms with van der Waals surface area (Å²) in [6.07, 6.45) is 4.51. The van der Waals surface area contributed by atoms with Gasteiger partial charge in [-0.1, -0.05) is 11.2 Å². The maximum atomic E-state index is 13.5. The molecular formula is C22H25FN6O2. The molecule has 2 aromatic heterocycles. The minimum Gasteiger partial charge on any atom is -0.361 e. The number of hydrogen-bond donors (Lipinski definition) is 0. The molecule has 31 heavy (non-hydrogen) atoms. The number of carbonyl (C=O) groups excluding carboxylic acids is 1. The molecule has 2 aliphatic heterocycles. The van der Waals surface area contributed by atoms with E-state index < -0.39 is 0 Å². The van der Waals surface area contributed by atoms with Crippen molar-refractivity contribution < 1.29 is 13.7 Å². The smallest absolute Gasteiger partial charge is 0.293 e. The lowest BCUT2D eigenvalue weighted by atomic mass is 9.77. The number of hydrogen-bond acceptors (Lipinski definition) is 6. The van der Waals surface area contributed by atoms with Gasteiger partial charge in [0, 0.05) is 37.3 Å². The summed E-state index contributed by atoms with van der Waals surface area (Å²) in [5.41, 5.74) is 2.58. The van der Waals surface area contributed by atoms with Crippen molar-refractivity contribution in [2.45, 2.75) is 45.2 Å². The number of nitrogens with zero attached hydrogens (tertiary/aromatic N) is 6. The van der Waals surface area contributed by atoms with Crippen LogP contribution in [0.2, 0.25) is 0 Å². The average Bonchev–Trinajstić information content (AvgIpc) is 3.38. The van der Waals surface area contributed by atoms with Crippen LogP contribution in [-0.4, -0.2) is 60.8 Å². The maximum Gasteiger partial charge on any atom is 0.293 e. The number of amides is 1. The van der Waals surface area contributed by atoms with E-state index in [0.717, 1.165) is 49.4 Å². The molecule has 0 aliphatic carbocycles. The largest absolute Gasteiger partial charge is 0.361 e. The molecule has 9 heteroatoms. The molecule has 162 valence electrons. The topological polar surface area (TPSA) is 80.3 Å². The number of carbonyl (C=O) groups is 1. The van der Waals surface area contributed by atoms with Gasteiger partial charge in [-0.05, 0) is 51.3 Å². The van der Waals surface area contributed by atoms with Gasteiger partial charge in [-0.15, -0.1) is 5.10 Å². The predicted octanol–water partition coefficient (Wildman–Crippen LogP) is 2.89. The van der Waals surface area contributed by atoms with Crippen LogP contribution in [0, 0.1) is 19.7 Å². The van der Waals surface area contributed by atoms with Gasteiger partial charge in [-0.3, -0.25) is 9.69 Å². The van der Waals surface area contributed by atoms with Crippen LogP contribution in [0.5, 0.6) is 0 Å². The summed E-state index contributed by atoms with van der Waals surface area (Å²) in [5, 5.41) is 8.37. The molecule has 0 saturated carbocycles. The lowest BCUT2D eigenvalue weighted by Gasteiger charge is -2.57. The van der Waals surface area contributed by atoms with E-state index in [9.17, 15) is 9.18 Å².